The summed E-state index contributed by atoms with van der Waals surface area (Å²) >= 11 is -1.81. The molecule has 0 unspecified atom stereocenters. The van der Waals surface area contributed by atoms with E-state index in [2.05, 4.69) is 4.52 Å². The predicted octanol–water partition coefficient (Wildman–Crippen LogP) is 0.891. The summed E-state index contributed by atoms with van der Waals surface area (Å²) in [7, 11) is -9.43. The fourth-order valence-electron chi connectivity index (χ4n) is 0.906. The Kier molecular flexibility index (Phi) is 4.38. The van der Waals surface area contributed by atoms with Crippen molar-refractivity contribution < 1.29 is 34.9 Å². The third kappa shape index (κ3) is 4.41. The lowest BCUT2D eigenvalue weighted by Crippen LogP contribution is -2.00. The summed E-state index contributed by atoms with van der Waals surface area (Å²) in [6, 6.07) is 2.70. The van der Waals surface area contributed by atoms with Crippen LogP contribution in [0.5, 0.6) is 5.75 Å². The molecule has 17 heavy (non-hydrogen) atoms. The highest BCUT2D eigenvalue weighted by Crippen LogP contribution is 2.40. The lowest BCUT2D eigenvalue weighted by atomic mass is 10.3. The average Bonchev–Trinajstić information content (AvgIpc) is 2.13. The van der Waals surface area contributed by atoms with Crippen molar-refractivity contribution in [3.63, 3.8) is 0 Å². The Balaban J connectivity index is 3.35. The molecule has 11 heteroatoms. The van der Waals surface area contributed by atoms with Crippen LogP contribution in [-0.2, 0) is 17.8 Å². The van der Waals surface area contributed by atoms with E-state index in [1.807, 2.05) is 0 Å². The van der Waals surface area contributed by atoms with E-state index in [4.69, 9.17) is 14.3 Å². The second-order valence-corrected chi connectivity index (χ2v) is 6.91. The minimum Gasteiger partial charge on any atom is -0.403 e. The number of rotatable bonds is 4. The molecule has 0 aliphatic heterocycles. The lowest BCUT2D eigenvalue weighted by Gasteiger charge is -2.09. The van der Waals surface area contributed by atoms with Gasteiger partial charge in [0.05, 0.1) is 8.47 Å². The molecule has 96 valence electrons. The Hall–Kier alpha value is -0.390. The van der Waals surface area contributed by atoms with Gasteiger partial charge in [-0.15, -0.1) is 0 Å². The van der Waals surface area contributed by atoms with Crippen LogP contribution in [0.4, 0.5) is 0 Å². The van der Waals surface area contributed by atoms with E-state index < -0.39 is 49.8 Å². The molecule has 0 heterocycles. The van der Waals surface area contributed by atoms with Gasteiger partial charge in [0.25, 0.3) is 10.1 Å². The van der Waals surface area contributed by atoms with Crippen molar-refractivity contribution in [2.45, 2.75) is 4.90 Å². The summed E-state index contributed by atoms with van der Waals surface area (Å²) < 4.78 is 55.8. The number of halogens is 1. The maximum absolute atomic E-state index is 10.8. The highest BCUT2D eigenvalue weighted by atomic mass is 127. The van der Waals surface area contributed by atoms with Crippen LogP contribution in [0, 0.1) is 3.57 Å². The fraction of sp³-hybridized carbons (Fsp3) is 0. The molecule has 1 aromatic rings. The Morgan fingerprint density at radius 1 is 1.29 bits per heavy atom. The molecule has 0 aliphatic carbocycles. The molecule has 0 saturated heterocycles. The molecule has 0 radical (unpaired) electrons. The van der Waals surface area contributed by atoms with Gasteiger partial charge in [-0.1, -0.05) is 0 Å². The molecule has 1 rings (SSSR count). The SMILES string of the molecule is O=Ic1ccc(S(=O)(=O)O)cc1OP(=O)(O)O. The van der Waals surface area contributed by atoms with Gasteiger partial charge in [0.15, 0.2) is 21.2 Å². The van der Waals surface area contributed by atoms with E-state index in [1.165, 1.54) is 0 Å². The van der Waals surface area contributed by atoms with Crippen molar-refractivity contribution in [2.75, 3.05) is 0 Å². The van der Waals surface area contributed by atoms with E-state index in [-0.39, 0.29) is 3.57 Å². The summed E-state index contributed by atoms with van der Waals surface area (Å²) in [5.41, 5.74) is 0. The third-order valence-electron chi connectivity index (χ3n) is 1.50. The van der Waals surface area contributed by atoms with Gasteiger partial charge < -0.3 is 4.52 Å². The Morgan fingerprint density at radius 3 is 2.29 bits per heavy atom. The molecule has 0 amide bonds. The van der Waals surface area contributed by atoms with Crippen LogP contribution < -0.4 is 4.52 Å². The van der Waals surface area contributed by atoms with Crippen LogP contribution in [0.3, 0.4) is 0 Å². The maximum atomic E-state index is 10.8. The fourth-order valence-corrected chi connectivity index (χ4v) is 2.79. The lowest BCUT2D eigenvalue weighted by molar-refractivity contribution is 0.282. The van der Waals surface area contributed by atoms with Crippen LogP contribution in [0.25, 0.3) is 0 Å². The van der Waals surface area contributed by atoms with E-state index in [9.17, 15) is 16.1 Å². The molecule has 0 atom stereocenters. The number of phosphoric acid groups is 1. The summed E-state index contributed by atoms with van der Waals surface area (Å²) in [6.07, 6.45) is 0. The largest absolute Gasteiger partial charge is 0.524 e. The third-order valence-corrected chi connectivity index (χ3v) is 4.15. The van der Waals surface area contributed by atoms with E-state index >= 15 is 0 Å². The normalized spacial score (nSPS) is 12.4. The molecule has 0 saturated carbocycles. The van der Waals surface area contributed by atoms with Gasteiger partial charge in [-0.05, 0) is 12.1 Å². The number of phosphoric ester groups is 1. The van der Waals surface area contributed by atoms with Crippen molar-refractivity contribution >= 4 is 39.1 Å². The first-order chi connectivity index (χ1) is 7.63. The summed E-state index contributed by atoms with van der Waals surface area (Å²) in [5.74, 6) is -0.531. The second kappa shape index (κ2) is 5.08. The Bertz CT molecular complexity index is 590. The van der Waals surface area contributed by atoms with E-state index in [0.29, 0.717) is 6.07 Å². The van der Waals surface area contributed by atoms with Gasteiger partial charge in [-0.2, -0.15) is 8.42 Å². The molecule has 1 aromatic carbocycles. The Morgan fingerprint density at radius 2 is 1.88 bits per heavy atom. The van der Waals surface area contributed by atoms with E-state index in [0.717, 1.165) is 12.1 Å². The monoisotopic (exact) mass is 396 g/mol. The van der Waals surface area contributed by atoms with Gasteiger partial charge in [0.1, 0.15) is 5.75 Å². The summed E-state index contributed by atoms with van der Waals surface area (Å²) in [5, 5.41) is 0. The van der Waals surface area contributed by atoms with Gasteiger partial charge in [-0.25, -0.2) is 4.57 Å². The summed E-state index contributed by atoms with van der Waals surface area (Å²) in [4.78, 5) is 16.5. The molecule has 8 nitrogen and oxygen atoms in total. The molecular weight excluding hydrogens is 390 g/mol. The van der Waals surface area contributed by atoms with Crippen LogP contribution in [-0.4, -0.2) is 22.8 Å². The highest BCUT2D eigenvalue weighted by molar-refractivity contribution is 14.1. The first kappa shape index (κ1) is 14.7. The van der Waals surface area contributed by atoms with Gasteiger partial charge in [0.2, 0.25) is 0 Å². The molecule has 3 N–H and O–H groups in total. The zero-order valence-electron chi connectivity index (χ0n) is 7.85. The van der Waals surface area contributed by atoms with Crippen LogP contribution in [0.1, 0.15) is 0 Å². The molecule has 0 bridgehead atoms. The van der Waals surface area contributed by atoms with Gasteiger partial charge in [0, 0.05) is 6.07 Å². The highest BCUT2D eigenvalue weighted by Gasteiger charge is 2.21. The molecule has 0 spiro atoms. The quantitative estimate of drug-likeness (QED) is 0.388. The zero-order valence-corrected chi connectivity index (χ0v) is 11.7. The molecular formula is C6H6IO8PS. The zero-order chi connectivity index (χ0) is 13.3. The van der Waals surface area contributed by atoms with Crippen LogP contribution >= 0.6 is 29.0 Å². The molecule has 0 aliphatic rings. The van der Waals surface area contributed by atoms with Crippen molar-refractivity contribution in [1.29, 1.82) is 0 Å². The smallest absolute Gasteiger partial charge is 0.403 e. The molecule has 0 aromatic heterocycles. The number of hydrogen-bond donors (Lipinski definition) is 3. The van der Waals surface area contributed by atoms with Crippen LogP contribution in [0.2, 0.25) is 0 Å². The van der Waals surface area contributed by atoms with Crippen molar-refractivity contribution in [2.24, 2.45) is 0 Å². The minimum absolute atomic E-state index is 0.0282. The van der Waals surface area contributed by atoms with Crippen molar-refractivity contribution in [3.05, 3.63) is 21.8 Å². The predicted molar refractivity (Wildman–Crippen MR) is 62.3 cm³/mol. The minimum atomic E-state index is -4.90. The van der Waals surface area contributed by atoms with Gasteiger partial charge in [-0.3, -0.25) is 17.4 Å². The van der Waals surface area contributed by atoms with Gasteiger partial charge >= 0.3 is 7.82 Å². The Labute approximate surface area is 106 Å². The van der Waals surface area contributed by atoms with E-state index in [1.54, 1.807) is 0 Å². The van der Waals surface area contributed by atoms with Crippen LogP contribution in [0.15, 0.2) is 23.1 Å². The summed E-state index contributed by atoms with van der Waals surface area (Å²) in [6.45, 7) is 0. The average molecular weight is 396 g/mol. The first-order valence-corrected chi connectivity index (χ1v) is 8.70. The standard InChI is InChI=1S/C6H6IO8PS/c8-7-5-2-1-4(17(12,13)14)3-6(5)15-16(9,10)11/h1-3H,(H2,9,10,11)(H,12,13,14). The second-order valence-electron chi connectivity index (χ2n) is 2.73. The number of hydrogen-bond acceptors (Lipinski definition) is 5. The first-order valence-electron chi connectivity index (χ1n) is 3.77. The van der Waals surface area contributed by atoms with Crippen molar-refractivity contribution in [1.82, 2.24) is 0 Å². The van der Waals surface area contributed by atoms with Crippen molar-refractivity contribution in [3.8, 4) is 5.75 Å². The number of benzene rings is 1. The topological polar surface area (TPSA) is 138 Å². The maximum Gasteiger partial charge on any atom is 0.524 e. The molecule has 0 fully saturated rings.